The lowest BCUT2D eigenvalue weighted by atomic mass is 10.2. The van der Waals surface area contributed by atoms with E-state index in [1.54, 1.807) is 6.07 Å². The van der Waals surface area contributed by atoms with Crippen LogP contribution in [0.25, 0.3) is 0 Å². The number of amides is 1. The summed E-state index contributed by atoms with van der Waals surface area (Å²) in [7, 11) is -3.02. The second-order valence-corrected chi connectivity index (χ2v) is 6.71. The summed E-state index contributed by atoms with van der Waals surface area (Å²) in [5, 5.41) is 2.16. The van der Waals surface area contributed by atoms with Crippen molar-refractivity contribution in [2.24, 2.45) is 0 Å². The minimum atomic E-state index is -3.02. The normalized spacial score (nSPS) is 21.7. The Morgan fingerprint density at radius 1 is 1.50 bits per heavy atom. The molecule has 6 nitrogen and oxygen atoms in total. The molecule has 98 valence electrons. The Labute approximate surface area is 106 Å². The smallest absolute Gasteiger partial charge is 0.252 e. The van der Waals surface area contributed by atoms with Crippen molar-refractivity contribution in [2.45, 2.75) is 18.1 Å². The summed E-state index contributed by atoms with van der Waals surface area (Å²) in [5.74, 6) is 0.228. The average Bonchev–Trinajstić information content (AvgIpc) is 2.66. The summed E-state index contributed by atoms with van der Waals surface area (Å²) in [6.45, 7) is 0.158. The van der Waals surface area contributed by atoms with Crippen LogP contribution in [0.4, 0.5) is 5.82 Å². The summed E-state index contributed by atoms with van der Waals surface area (Å²) < 4.78 is 23.2. The Balaban J connectivity index is 1.95. The maximum absolute atomic E-state index is 11.7. The fraction of sp³-hybridized carbons (Fsp3) is 0.455. The van der Waals surface area contributed by atoms with Gasteiger partial charge < -0.3 is 11.1 Å². The third kappa shape index (κ3) is 2.79. The van der Waals surface area contributed by atoms with Crippen LogP contribution in [0, 0.1) is 0 Å². The van der Waals surface area contributed by atoms with Crippen molar-refractivity contribution in [3.63, 3.8) is 0 Å². The first-order valence-electron chi connectivity index (χ1n) is 5.70. The summed E-state index contributed by atoms with van der Waals surface area (Å²) in [5.41, 5.74) is 5.79. The Hall–Kier alpha value is -1.63. The number of nitrogens with one attached hydrogen (secondary N) is 1. The fourth-order valence-corrected chi connectivity index (χ4v) is 3.70. The lowest BCUT2D eigenvalue weighted by molar-refractivity contribution is 0.0953. The Kier molecular flexibility index (Phi) is 3.51. The van der Waals surface area contributed by atoms with E-state index in [0.717, 1.165) is 0 Å². The molecular weight excluding hydrogens is 254 g/mol. The van der Waals surface area contributed by atoms with Crippen LogP contribution in [-0.2, 0) is 9.84 Å². The second-order valence-electron chi connectivity index (χ2n) is 4.31. The van der Waals surface area contributed by atoms with Crippen LogP contribution in [0.15, 0.2) is 18.3 Å². The van der Waals surface area contributed by atoms with Gasteiger partial charge in [-0.1, -0.05) is 0 Å². The second kappa shape index (κ2) is 4.93. The van der Waals surface area contributed by atoms with Gasteiger partial charge >= 0.3 is 0 Å². The predicted molar refractivity (Wildman–Crippen MR) is 67.8 cm³/mol. The first kappa shape index (κ1) is 12.8. The zero-order valence-corrected chi connectivity index (χ0v) is 10.6. The maximum Gasteiger partial charge on any atom is 0.252 e. The summed E-state index contributed by atoms with van der Waals surface area (Å²) in [6, 6.07) is 3.09. The van der Waals surface area contributed by atoms with Crippen molar-refractivity contribution in [3.05, 3.63) is 23.9 Å². The van der Waals surface area contributed by atoms with Crippen LogP contribution in [0.5, 0.6) is 0 Å². The monoisotopic (exact) mass is 269 g/mol. The van der Waals surface area contributed by atoms with Crippen molar-refractivity contribution >= 4 is 21.6 Å². The minimum Gasteiger partial charge on any atom is -0.384 e. The zero-order valence-electron chi connectivity index (χ0n) is 9.80. The molecule has 3 N–H and O–H groups in total. The topological polar surface area (TPSA) is 102 Å². The number of anilines is 1. The third-order valence-corrected chi connectivity index (χ3v) is 5.28. The summed E-state index contributed by atoms with van der Waals surface area (Å²) >= 11 is 0. The molecule has 1 aromatic rings. The van der Waals surface area contributed by atoms with Crippen molar-refractivity contribution in [1.29, 1.82) is 0 Å². The van der Waals surface area contributed by atoms with Crippen LogP contribution in [0.1, 0.15) is 23.2 Å². The van der Waals surface area contributed by atoms with Gasteiger partial charge in [0.15, 0.2) is 9.84 Å². The highest BCUT2D eigenvalue weighted by molar-refractivity contribution is 7.92. The number of nitrogen functional groups attached to an aromatic ring is 1. The molecule has 0 radical (unpaired) electrons. The van der Waals surface area contributed by atoms with Gasteiger partial charge in [-0.25, -0.2) is 13.4 Å². The molecule has 0 bridgehead atoms. The number of nitrogens with two attached hydrogens (primary N) is 1. The number of carbonyl (C=O) groups excluding carboxylic acids is 1. The van der Waals surface area contributed by atoms with Gasteiger partial charge in [-0.3, -0.25) is 4.79 Å². The van der Waals surface area contributed by atoms with Crippen LogP contribution < -0.4 is 11.1 Å². The van der Waals surface area contributed by atoms with E-state index < -0.39 is 15.1 Å². The number of nitrogens with zero attached hydrogens (tertiary/aromatic N) is 1. The quantitative estimate of drug-likeness (QED) is 0.802. The van der Waals surface area contributed by atoms with E-state index in [0.29, 0.717) is 24.2 Å². The SMILES string of the molecule is Nc1ccc(C(=O)NCC2CCCS2(=O)=O)cn1. The zero-order chi connectivity index (χ0) is 13.2. The number of rotatable bonds is 3. The van der Waals surface area contributed by atoms with E-state index in [1.807, 2.05) is 0 Å². The van der Waals surface area contributed by atoms with E-state index in [4.69, 9.17) is 5.73 Å². The van der Waals surface area contributed by atoms with E-state index in [1.165, 1.54) is 12.3 Å². The van der Waals surface area contributed by atoms with Crippen LogP contribution >= 0.6 is 0 Å². The van der Waals surface area contributed by atoms with Crippen molar-refractivity contribution in [3.8, 4) is 0 Å². The van der Waals surface area contributed by atoms with E-state index in [2.05, 4.69) is 10.3 Å². The summed E-state index contributed by atoms with van der Waals surface area (Å²) in [6.07, 6.45) is 2.66. The fourth-order valence-electron chi connectivity index (χ4n) is 1.94. The number of sulfone groups is 1. The molecule has 2 rings (SSSR count). The molecule has 7 heteroatoms. The number of carbonyl (C=O) groups is 1. The van der Waals surface area contributed by atoms with Gasteiger partial charge in [-0.15, -0.1) is 0 Å². The number of pyridine rings is 1. The molecule has 18 heavy (non-hydrogen) atoms. The molecule has 1 saturated heterocycles. The third-order valence-electron chi connectivity index (χ3n) is 3.00. The van der Waals surface area contributed by atoms with Crippen molar-refractivity contribution in [2.75, 3.05) is 18.0 Å². The highest BCUT2D eigenvalue weighted by atomic mass is 32.2. The van der Waals surface area contributed by atoms with Gasteiger partial charge in [0.25, 0.3) is 5.91 Å². The van der Waals surface area contributed by atoms with Crippen molar-refractivity contribution < 1.29 is 13.2 Å². The van der Waals surface area contributed by atoms with Crippen molar-refractivity contribution in [1.82, 2.24) is 10.3 Å². The molecule has 0 aliphatic carbocycles. The van der Waals surface area contributed by atoms with Gasteiger partial charge in [0.1, 0.15) is 5.82 Å². The largest absolute Gasteiger partial charge is 0.384 e. The molecule has 0 saturated carbocycles. The Morgan fingerprint density at radius 2 is 2.28 bits per heavy atom. The Morgan fingerprint density at radius 3 is 2.83 bits per heavy atom. The molecule has 2 heterocycles. The predicted octanol–water partition coefficient (Wildman–Crippen LogP) is -0.0292. The lowest BCUT2D eigenvalue weighted by Gasteiger charge is -2.10. The molecule has 0 spiro atoms. The van der Waals surface area contributed by atoms with Gasteiger partial charge in [0.2, 0.25) is 0 Å². The highest BCUT2D eigenvalue weighted by Crippen LogP contribution is 2.19. The van der Waals surface area contributed by atoms with E-state index >= 15 is 0 Å². The standard InChI is InChI=1S/C11H15N3O3S/c12-10-4-3-8(6-13-10)11(15)14-7-9-2-1-5-18(9,16)17/h3-4,6,9H,1-2,5,7H2,(H2,12,13)(H,14,15). The van der Waals surface area contributed by atoms with E-state index in [9.17, 15) is 13.2 Å². The molecule has 1 amide bonds. The maximum atomic E-state index is 11.7. The number of hydrogen-bond donors (Lipinski definition) is 2. The van der Waals surface area contributed by atoms with E-state index in [-0.39, 0.29) is 18.2 Å². The molecule has 1 unspecified atom stereocenters. The van der Waals surface area contributed by atoms with Crippen LogP contribution in [0.3, 0.4) is 0 Å². The van der Waals surface area contributed by atoms with Gasteiger partial charge in [-0.05, 0) is 25.0 Å². The first-order chi connectivity index (χ1) is 8.49. The van der Waals surface area contributed by atoms with Crippen LogP contribution in [-0.4, -0.2) is 36.9 Å². The molecule has 1 aliphatic rings. The molecular formula is C11H15N3O3S. The highest BCUT2D eigenvalue weighted by Gasteiger charge is 2.31. The lowest BCUT2D eigenvalue weighted by Crippen LogP contribution is -2.34. The van der Waals surface area contributed by atoms with Gasteiger partial charge in [0, 0.05) is 12.7 Å². The molecule has 1 aromatic heterocycles. The number of hydrogen-bond acceptors (Lipinski definition) is 5. The number of aromatic nitrogens is 1. The molecule has 1 aliphatic heterocycles. The minimum absolute atomic E-state index is 0.158. The van der Waals surface area contributed by atoms with Crippen LogP contribution in [0.2, 0.25) is 0 Å². The Bertz CT molecular complexity index is 539. The summed E-state index contributed by atoms with van der Waals surface area (Å²) in [4.78, 5) is 15.5. The molecule has 0 aromatic carbocycles. The molecule has 1 fully saturated rings. The van der Waals surface area contributed by atoms with Gasteiger partial charge in [-0.2, -0.15) is 0 Å². The first-order valence-corrected chi connectivity index (χ1v) is 7.42. The van der Waals surface area contributed by atoms with Gasteiger partial charge in [0.05, 0.1) is 16.6 Å². The average molecular weight is 269 g/mol. The molecule has 1 atom stereocenters.